The van der Waals surface area contributed by atoms with Crippen LogP contribution in [-0.2, 0) is 0 Å². The zero-order chi connectivity index (χ0) is 9.42. The molecule has 0 fully saturated rings. The van der Waals surface area contributed by atoms with Gasteiger partial charge in [-0.1, -0.05) is 0 Å². The molecule has 0 bridgehead atoms. The molecule has 1 aromatic rings. The number of guanidine groups is 1. The highest BCUT2D eigenvalue weighted by Gasteiger charge is 2.20. The fourth-order valence-electron chi connectivity index (χ4n) is 0.991. The van der Waals surface area contributed by atoms with Crippen molar-refractivity contribution in [2.24, 2.45) is 4.99 Å². The maximum absolute atomic E-state index is 5.60. The summed E-state index contributed by atoms with van der Waals surface area (Å²) in [6, 6.07) is 0. The number of fused-ring (bicyclic) bond motifs is 1. The second-order valence-corrected chi connectivity index (χ2v) is 2.85. The van der Waals surface area contributed by atoms with Crippen molar-refractivity contribution in [1.29, 1.82) is 0 Å². The lowest BCUT2D eigenvalue weighted by atomic mass is 10.4. The van der Waals surface area contributed by atoms with Gasteiger partial charge in [-0.3, -0.25) is 0 Å². The Balaban J connectivity index is 2.43. The van der Waals surface area contributed by atoms with E-state index in [4.69, 9.17) is 5.73 Å². The number of hydrogen-bond donors (Lipinski definition) is 1. The third-order valence-electron chi connectivity index (χ3n) is 1.65. The molecular weight excluding hydrogens is 168 g/mol. The second kappa shape index (κ2) is 2.58. The van der Waals surface area contributed by atoms with E-state index in [2.05, 4.69) is 20.3 Å². The summed E-state index contributed by atoms with van der Waals surface area (Å²) in [6.45, 7) is 0. The van der Waals surface area contributed by atoms with Crippen molar-refractivity contribution in [2.45, 2.75) is 0 Å². The summed E-state index contributed by atoms with van der Waals surface area (Å²) in [5.74, 6) is 1.50. The molecule has 0 unspecified atom stereocenters. The smallest absolute Gasteiger partial charge is 0.227 e. The lowest BCUT2D eigenvalue weighted by Crippen LogP contribution is -2.26. The summed E-state index contributed by atoms with van der Waals surface area (Å²) < 4.78 is 0. The molecule has 0 aliphatic carbocycles. The standard InChI is InChI=1S/C7H9N6/c1-13(2)7-11-4-5(8)9-3-10-6(4)12-7/h3H,1-2H3,(H2,8,9,10). The predicted octanol–water partition coefficient (Wildman–Crippen LogP) is -0.143. The Kier molecular flexibility index (Phi) is 1.54. The van der Waals surface area contributed by atoms with Gasteiger partial charge in [0.2, 0.25) is 5.96 Å². The van der Waals surface area contributed by atoms with E-state index in [0.717, 1.165) is 0 Å². The molecule has 67 valence electrons. The van der Waals surface area contributed by atoms with Crippen LogP contribution in [0.15, 0.2) is 11.3 Å². The topological polar surface area (TPSA) is 81.5 Å². The number of nitrogen functional groups attached to an aromatic ring is 1. The van der Waals surface area contributed by atoms with Crippen LogP contribution in [0, 0.1) is 0 Å². The van der Waals surface area contributed by atoms with Gasteiger partial charge in [-0.15, -0.1) is 0 Å². The summed E-state index contributed by atoms with van der Waals surface area (Å²) in [7, 11) is 3.72. The molecule has 0 amide bonds. The first-order chi connectivity index (χ1) is 6.18. The van der Waals surface area contributed by atoms with Gasteiger partial charge in [-0.25, -0.2) is 15.0 Å². The number of aliphatic imine (C=N–C) groups is 1. The van der Waals surface area contributed by atoms with E-state index >= 15 is 0 Å². The Labute approximate surface area is 75.5 Å². The molecular formula is C7H9N6. The Morgan fingerprint density at radius 2 is 2.08 bits per heavy atom. The molecule has 1 aliphatic rings. The molecule has 13 heavy (non-hydrogen) atoms. The van der Waals surface area contributed by atoms with E-state index in [1.54, 1.807) is 4.90 Å². The molecule has 6 nitrogen and oxygen atoms in total. The van der Waals surface area contributed by atoms with E-state index in [-0.39, 0.29) is 0 Å². The van der Waals surface area contributed by atoms with Crippen LogP contribution in [0.1, 0.15) is 0 Å². The van der Waals surface area contributed by atoms with Crippen molar-refractivity contribution in [3.05, 3.63) is 6.33 Å². The summed E-state index contributed by atoms with van der Waals surface area (Å²) in [6.07, 6.45) is 1.38. The highest BCUT2D eigenvalue weighted by atomic mass is 15.3. The fraction of sp³-hybridized carbons (Fsp3) is 0.286. The Hall–Kier alpha value is -1.85. The molecule has 2 N–H and O–H groups in total. The minimum atomic E-state index is 0.366. The van der Waals surface area contributed by atoms with Crippen LogP contribution in [0.2, 0.25) is 0 Å². The average Bonchev–Trinajstić information content (AvgIpc) is 2.49. The van der Waals surface area contributed by atoms with E-state index in [1.807, 2.05) is 14.1 Å². The highest BCUT2D eigenvalue weighted by molar-refractivity contribution is 5.95. The maximum Gasteiger partial charge on any atom is 0.227 e. The SMILES string of the molecule is CN(C)C1=Nc2c(N)ncnc2[N]1. The van der Waals surface area contributed by atoms with Crippen LogP contribution in [-0.4, -0.2) is 34.9 Å². The zero-order valence-corrected chi connectivity index (χ0v) is 7.39. The molecule has 1 aromatic heterocycles. The monoisotopic (exact) mass is 177 g/mol. The molecule has 0 saturated carbocycles. The molecule has 0 aromatic carbocycles. The van der Waals surface area contributed by atoms with Crippen LogP contribution in [0.4, 0.5) is 17.3 Å². The Morgan fingerprint density at radius 1 is 1.31 bits per heavy atom. The van der Waals surface area contributed by atoms with Crippen LogP contribution >= 0.6 is 0 Å². The summed E-state index contributed by atoms with van der Waals surface area (Å²) in [4.78, 5) is 13.7. The van der Waals surface area contributed by atoms with Gasteiger partial charge in [0.25, 0.3) is 0 Å². The Morgan fingerprint density at radius 3 is 2.69 bits per heavy atom. The molecule has 2 heterocycles. The number of aromatic nitrogens is 2. The number of nitrogens with two attached hydrogens (primary N) is 1. The van der Waals surface area contributed by atoms with Crippen LogP contribution in [0.5, 0.6) is 0 Å². The molecule has 6 heteroatoms. The number of hydrogen-bond acceptors (Lipinski definition) is 5. The normalized spacial score (nSPS) is 13.2. The van der Waals surface area contributed by atoms with Gasteiger partial charge in [-0.2, -0.15) is 5.32 Å². The van der Waals surface area contributed by atoms with Crippen molar-refractivity contribution < 1.29 is 0 Å². The van der Waals surface area contributed by atoms with Crippen molar-refractivity contribution in [1.82, 2.24) is 20.2 Å². The zero-order valence-electron chi connectivity index (χ0n) is 7.39. The van der Waals surface area contributed by atoms with Crippen molar-refractivity contribution in [2.75, 3.05) is 19.8 Å². The number of rotatable bonds is 0. The van der Waals surface area contributed by atoms with Crippen LogP contribution in [0.3, 0.4) is 0 Å². The van der Waals surface area contributed by atoms with Crippen molar-refractivity contribution >= 4 is 23.3 Å². The molecule has 2 rings (SSSR count). The lowest BCUT2D eigenvalue weighted by molar-refractivity contribution is 0.604. The molecule has 1 aliphatic heterocycles. The molecule has 1 radical (unpaired) electrons. The number of anilines is 1. The molecule has 0 atom stereocenters. The summed E-state index contributed by atoms with van der Waals surface area (Å²) in [5, 5.41) is 4.16. The van der Waals surface area contributed by atoms with Gasteiger partial charge in [0.05, 0.1) is 0 Å². The van der Waals surface area contributed by atoms with Gasteiger partial charge in [0.1, 0.15) is 6.33 Å². The highest BCUT2D eigenvalue weighted by Crippen LogP contribution is 2.32. The van der Waals surface area contributed by atoms with E-state index in [9.17, 15) is 0 Å². The Bertz CT molecular complexity index is 369. The first-order valence-electron chi connectivity index (χ1n) is 3.76. The van der Waals surface area contributed by atoms with Gasteiger partial charge in [-0.05, 0) is 0 Å². The minimum absolute atomic E-state index is 0.366. The minimum Gasteiger partial charge on any atom is -0.382 e. The quantitative estimate of drug-likeness (QED) is 0.597. The van der Waals surface area contributed by atoms with Crippen LogP contribution < -0.4 is 11.1 Å². The fourth-order valence-corrected chi connectivity index (χ4v) is 0.991. The largest absolute Gasteiger partial charge is 0.382 e. The van der Waals surface area contributed by atoms with Gasteiger partial charge >= 0.3 is 0 Å². The summed E-state index contributed by atoms with van der Waals surface area (Å²) in [5.41, 5.74) is 6.16. The summed E-state index contributed by atoms with van der Waals surface area (Å²) >= 11 is 0. The number of nitrogens with zero attached hydrogens (tertiary/aromatic N) is 5. The maximum atomic E-state index is 5.60. The molecule has 0 saturated heterocycles. The second-order valence-electron chi connectivity index (χ2n) is 2.85. The van der Waals surface area contributed by atoms with Crippen LogP contribution in [0.25, 0.3) is 0 Å². The van der Waals surface area contributed by atoms with Gasteiger partial charge in [0.15, 0.2) is 17.3 Å². The third kappa shape index (κ3) is 1.16. The predicted molar refractivity (Wildman–Crippen MR) is 49.0 cm³/mol. The van der Waals surface area contributed by atoms with E-state index in [0.29, 0.717) is 23.3 Å². The third-order valence-corrected chi connectivity index (χ3v) is 1.65. The van der Waals surface area contributed by atoms with E-state index in [1.165, 1.54) is 6.33 Å². The first-order valence-corrected chi connectivity index (χ1v) is 3.76. The van der Waals surface area contributed by atoms with Gasteiger partial charge < -0.3 is 10.6 Å². The van der Waals surface area contributed by atoms with Crippen molar-refractivity contribution in [3.63, 3.8) is 0 Å². The van der Waals surface area contributed by atoms with Gasteiger partial charge in [0, 0.05) is 14.1 Å². The van der Waals surface area contributed by atoms with Crippen molar-refractivity contribution in [3.8, 4) is 0 Å². The van der Waals surface area contributed by atoms with E-state index < -0.39 is 0 Å². The first kappa shape index (κ1) is 7.78. The average molecular weight is 177 g/mol. The molecule has 0 spiro atoms. The lowest BCUT2D eigenvalue weighted by Gasteiger charge is -2.08.